The van der Waals surface area contributed by atoms with E-state index in [2.05, 4.69) is 10.6 Å². The lowest BCUT2D eigenvalue weighted by atomic mass is 9.93. The Labute approximate surface area is 109 Å². The summed E-state index contributed by atoms with van der Waals surface area (Å²) in [4.78, 5) is 11.8. The first-order valence-corrected chi connectivity index (χ1v) is 6.89. The van der Waals surface area contributed by atoms with Crippen molar-refractivity contribution in [1.29, 1.82) is 0 Å². The van der Waals surface area contributed by atoms with Crippen LogP contribution in [-0.4, -0.2) is 43.0 Å². The number of urea groups is 1. The fourth-order valence-electron chi connectivity index (χ4n) is 2.28. The molecule has 106 valence electrons. The molecule has 0 saturated carbocycles. The van der Waals surface area contributed by atoms with Gasteiger partial charge in [0.25, 0.3) is 0 Å². The summed E-state index contributed by atoms with van der Waals surface area (Å²) in [5.74, 6) is 0.511. The molecule has 18 heavy (non-hydrogen) atoms. The van der Waals surface area contributed by atoms with Gasteiger partial charge in [-0.1, -0.05) is 0 Å². The number of rotatable bonds is 6. The van der Waals surface area contributed by atoms with Crippen molar-refractivity contribution < 1.29 is 14.6 Å². The van der Waals surface area contributed by atoms with Crippen molar-refractivity contribution in [2.45, 2.75) is 51.6 Å². The summed E-state index contributed by atoms with van der Waals surface area (Å²) >= 11 is 0. The third kappa shape index (κ3) is 5.69. The van der Waals surface area contributed by atoms with E-state index in [1.807, 2.05) is 13.8 Å². The Kier molecular flexibility index (Phi) is 7.05. The van der Waals surface area contributed by atoms with Crippen molar-refractivity contribution in [3.05, 3.63) is 0 Å². The van der Waals surface area contributed by atoms with Crippen LogP contribution in [0.2, 0.25) is 0 Å². The van der Waals surface area contributed by atoms with Gasteiger partial charge in [-0.3, -0.25) is 0 Å². The fourth-order valence-corrected chi connectivity index (χ4v) is 2.28. The standard InChI is InChI=1S/C13H26N2O3/c1-10(4-3-7-16)14-13(17)15-11(2)12-5-8-18-9-6-12/h10-12,16H,3-9H2,1-2H3,(H2,14,15,17). The molecule has 0 aromatic heterocycles. The highest BCUT2D eigenvalue weighted by Crippen LogP contribution is 2.18. The number of ether oxygens (including phenoxy) is 1. The van der Waals surface area contributed by atoms with Crippen molar-refractivity contribution in [2.24, 2.45) is 5.92 Å². The summed E-state index contributed by atoms with van der Waals surface area (Å²) in [7, 11) is 0. The summed E-state index contributed by atoms with van der Waals surface area (Å²) in [6.07, 6.45) is 3.55. The molecule has 0 radical (unpaired) electrons. The van der Waals surface area contributed by atoms with Crippen molar-refractivity contribution in [2.75, 3.05) is 19.8 Å². The van der Waals surface area contributed by atoms with Gasteiger partial charge < -0.3 is 20.5 Å². The number of hydrogen-bond acceptors (Lipinski definition) is 3. The van der Waals surface area contributed by atoms with Gasteiger partial charge in [0, 0.05) is 31.9 Å². The molecule has 1 rings (SSSR count). The maximum atomic E-state index is 11.8. The molecular weight excluding hydrogens is 232 g/mol. The molecule has 0 aromatic carbocycles. The van der Waals surface area contributed by atoms with Crippen LogP contribution < -0.4 is 10.6 Å². The van der Waals surface area contributed by atoms with Crippen molar-refractivity contribution >= 4 is 6.03 Å². The van der Waals surface area contributed by atoms with Gasteiger partial charge in [-0.15, -0.1) is 0 Å². The van der Waals surface area contributed by atoms with E-state index in [1.165, 1.54) is 0 Å². The van der Waals surface area contributed by atoms with Gasteiger partial charge in [-0.05, 0) is 45.4 Å². The number of nitrogens with one attached hydrogen (secondary N) is 2. The zero-order chi connectivity index (χ0) is 13.4. The van der Waals surface area contributed by atoms with Crippen molar-refractivity contribution in [3.8, 4) is 0 Å². The number of aliphatic hydroxyl groups excluding tert-OH is 1. The Morgan fingerprint density at radius 2 is 2.00 bits per heavy atom. The Hall–Kier alpha value is -0.810. The minimum atomic E-state index is -0.112. The molecule has 1 saturated heterocycles. The molecule has 1 aliphatic heterocycles. The zero-order valence-electron chi connectivity index (χ0n) is 11.4. The molecule has 2 amide bonds. The number of aliphatic hydroxyl groups is 1. The van der Waals surface area contributed by atoms with Crippen LogP contribution in [0.4, 0.5) is 4.79 Å². The number of hydrogen-bond donors (Lipinski definition) is 3. The van der Waals surface area contributed by atoms with E-state index in [4.69, 9.17) is 9.84 Å². The smallest absolute Gasteiger partial charge is 0.315 e. The molecule has 3 N–H and O–H groups in total. The molecular formula is C13H26N2O3. The SMILES string of the molecule is CC(CCCO)NC(=O)NC(C)C1CCOCC1. The van der Waals surface area contributed by atoms with E-state index in [1.54, 1.807) is 0 Å². The molecule has 5 nitrogen and oxygen atoms in total. The molecule has 0 bridgehead atoms. The number of carbonyl (C=O) groups is 1. The Bertz CT molecular complexity index is 242. The lowest BCUT2D eigenvalue weighted by Gasteiger charge is -2.28. The van der Waals surface area contributed by atoms with E-state index in [0.29, 0.717) is 5.92 Å². The summed E-state index contributed by atoms with van der Waals surface area (Å²) in [6.45, 7) is 5.77. The summed E-state index contributed by atoms with van der Waals surface area (Å²) in [6, 6.07) is 0.164. The largest absolute Gasteiger partial charge is 0.396 e. The van der Waals surface area contributed by atoms with E-state index >= 15 is 0 Å². The average Bonchev–Trinajstić information content (AvgIpc) is 2.37. The predicted molar refractivity (Wildman–Crippen MR) is 70.5 cm³/mol. The summed E-state index contributed by atoms with van der Waals surface area (Å²) < 4.78 is 5.31. The number of amides is 2. The van der Waals surface area contributed by atoms with Crippen LogP contribution in [0.1, 0.15) is 39.5 Å². The Morgan fingerprint density at radius 1 is 1.33 bits per heavy atom. The maximum absolute atomic E-state index is 11.8. The highest BCUT2D eigenvalue weighted by atomic mass is 16.5. The molecule has 0 aromatic rings. The fraction of sp³-hybridized carbons (Fsp3) is 0.923. The monoisotopic (exact) mass is 258 g/mol. The van der Waals surface area contributed by atoms with E-state index in [0.717, 1.165) is 38.9 Å². The quantitative estimate of drug-likeness (QED) is 0.672. The number of carbonyl (C=O) groups excluding carboxylic acids is 1. The normalized spacial score (nSPS) is 20.2. The van der Waals surface area contributed by atoms with E-state index in [9.17, 15) is 4.79 Å². The van der Waals surface area contributed by atoms with Crippen molar-refractivity contribution in [1.82, 2.24) is 10.6 Å². The van der Waals surface area contributed by atoms with E-state index < -0.39 is 0 Å². The third-order valence-electron chi connectivity index (χ3n) is 3.50. The molecule has 0 aliphatic carbocycles. The highest BCUT2D eigenvalue weighted by Gasteiger charge is 2.22. The van der Waals surface area contributed by atoms with E-state index in [-0.39, 0.29) is 24.7 Å². The third-order valence-corrected chi connectivity index (χ3v) is 3.50. The minimum Gasteiger partial charge on any atom is -0.396 e. The van der Waals surface area contributed by atoms with Gasteiger partial charge in [0.2, 0.25) is 0 Å². The lowest BCUT2D eigenvalue weighted by Crippen LogP contribution is -2.47. The maximum Gasteiger partial charge on any atom is 0.315 e. The lowest BCUT2D eigenvalue weighted by molar-refractivity contribution is 0.0570. The zero-order valence-corrected chi connectivity index (χ0v) is 11.4. The van der Waals surface area contributed by atoms with Crippen LogP contribution in [-0.2, 0) is 4.74 Å². The predicted octanol–water partition coefficient (Wildman–Crippen LogP) is 1.26. The second-order valence-corrected chi connectivity index (χ2v) is 5.12. The summed E-state index contributed by atoms with van der Waals surface area (Å²) in [5.41, 5.74) is 0. The molecule has 2 unspecified atom stereocenters. The topological polar surface area (TPSA) is 70.6 Å². The van der Waals surface area contributed by atoms with Crippen molar-refractivity contribution in [3.63, 3.8) is 0 Å². The van der Waals surface area contributed by atoms with Gasteiger partial charge in [-0.25, -0.2) is 4.79 Å². The van der Waals surface area contributed by atoms with Crippen LogP contribution in [0.15, 0.2) is 0 Å². The molecule has 1 aliphatic rings. The van der Waals surface area contributed by atoms with Crippen LogP contribution >= 0.6 is 0 Å². The first-order chi connectivity index (χ1) is 8.63. The van der Waals surface area contributed by atoms with Crippen LogP contribution in [0.5, 0.6) is 0 Å². The van der Waals surface area contributed by atoms with Gasteiger partial charge in [0.05, 0.1) is 0 Å². The molecule has 0 spiro atoms. The second kappa shape index (κ2) is 8.32. The molecule has 5 heteroatoms. The van der Waals surface area contributed by atoms with Gasteiger partial charge >= 0.3 is 6.03 Å². The highest BCUT2D eigenvalue weighted by molar-refractivity contribution is 5.74. The van der Waals surface area contributed by atoms with Gasteiger partial charge in [0.15, 0.2) is 0 Å². The molecule has 1 fully saturated rings. The Morgan fingerprint density at radius 3 is 2.61 bits per heavy atom. The van der Waals surface area contributed by atoms with Gasteiger partial charge in [-0.2, -0.15) is 0 Å². The minimum absolute atomic E-state index is 0.0963. The average molecular weight is 258 g/mol. The van der Waals surface area contributed by atoms with Crippen LogP contribution in [0, 0.1) is 5.92 Å². The summed E-state index contributed by atoms with van der Waals surface area (Å²) in [5, 5.41) is 14.6. The molecule has 2 atom stereocenters. The molecule has 1 heterocycles. The first kappa shape index (κ1) is 15.2. The Balaban J connectivity index is 2.21. The van der Waals surface area contributed by atoms with Crippen LogP contribution in [0.25, 0.3) is 0 Å². The first-order valence-electron chi connectivity index (χ1n) is 6.89. The van der Waals surface area contributed by atoms with Crippen LogP contribution in [0.3, 0.4) is 0 Å². The van der Waals surface area contributed by atoms with Gasteiger partial charge in [0.1, 0.15) is 0 Å². The second-order valence-electron chi connectivity index (χ2n) is 5.12.